The zero-order valence-corrected chi connectivity index (χ0v) is 11.8. The summed E-state index contributed by atoms with van der Waals surface area (Å²) in [5.41, 5.74) is 5.54. The standard InChI is InChI=1S/C12H15BrN2O3/c1-7(5-11(14)16)15-12(17)8-3-4-10(18-2)9(13)6-8/h3-4,6-7H,5H2,1-2H3,(H2,14,16)(H,15,17). The number of nitrogens with one attached hydrogen (secondary N) is 1. The molecular formula is C12H15BrN2O3. The summed E-state index contributed by atoms with van der Waals surface area (Å²) < 4.78 is 5.77. The highest BCUT2D eigenvalue weighted by molar-refractivity contribution is 9.10. The molecule has 1 rings (SSSR count). The second-order valence-corrected chi connectivity index (χ2v) is 4.75. The van der Waals surface area contributed by atoms with Gasteiger partial charge >= 0.3 is 0 Å². The Bertz CT molecular complexity index is 463. The minimum Gasteiger partial charge on any atom is -0.496 e. The topological polar surface area (TPSA) is 81.4 Å². The van der Waals surface area contributed by atoms with E-state index >= 15 is 0 Å². The lowest BCUT2D eigenvalue weighted by Crippen LogP contribution is -2.35. The van der Waals surface area contributed by atoms with Crippen molar-refractivity contribution in [2.45, 2.75) is 19.4 Å². The van der Waals surface area contributed by atoms with Crippen molar-refractivity contribution in [1.82, 2.24) is 5.32 Å². The van der Waals surface area contributed by atoms with Crippen LogP contribution in [0.1, 0.15) is 23.7 Å². The average Bonchev–Trinajstić information content (AvgIpc) is 2.27. The highest BCUT2D eigenvalue weighted by Gasteiger charge is 2.13. The van der Waals surface area contributed by atoms with Crippen molar-refractivity contribution < 1.29 is 14.3 Å². The molecule has 0 radical (unpaired) electrons. The van der Waals surface area contributed by atoms with Crippen molar-refractivity contribution in [3.05, 3.63) is 28.2 Å². The van der Waals surface area contributed by atoms with E-state index in [1.54, 1.807) is 32.2 Å². The van der Waals surface area contributed by atoms with Crippen LogP contribution in [0.4, 0.5) is 0 Å². The summed E-state index contributed by atoms with van der Waals surface area (Å²) >= 11 is 3.30. The van der Waals surface area contributed by atoms with E-state index in [-0.39, 0.29) is 18.4 Å². The third-order valence-corrected chi connectivity index (χ3v) is 2.92. The number of carbonyl (C=O) groups excluding carboxylic acids is 2. The Labute approximate surface area is 114 Å². The van der Waals surface area contributed by atoms with Gasteiger partial charge in [-0.1, -0.05) is 0 Å². The van der Waals surface area contributed by atoms with Crippen LogP contribution in [-0.2, 0) is 4.79 Å². The fourth-order valence-corrected chi connectivity index (χ4v) is 2.01. The summed E-state index contributed by atoms with van der Waals surface area (Å²) in [6, 6.07) is 4.70. The number of benzene rings is 1. The van der Waals surface area contributed by atoms with E-state index < -0.39 is 5.91 Å². The van der Waals surface area contributed by atoms with Gasteiger partial charge in [0.05, 0.1) is 11.6 Å². The normalized spacial score (nSPS) is 11.7. The van der Waals surface area contributed by atoms with Crippen LogP contribution in [0.15, 0.2) is 22.7 Å². The first-order chi connectivity index (χ1) is 8.43. The molecule has 0 saturated carbocycles. The Morgan fingerprint density at radius 3 is 2.67 bits per heavy atom. The lowest BCUT2D eigenvalue weighted by Gasteiger charge is -2.12. The first-order valence-electron chi connectivity index (χ1n) is 5.36. The number of halogens is 1. The summed E-state index contributed by atoms with van der Waals surface area (Å²) in [6.07, 6.45) is 0.114. The minimum atomic E-state index is -0.446. The average molecular weight is 315 g/mol. The van der Waals surface area contributed by atoms with Crippen LogP contribution in [0.25, 0.3) is 0 Å². The number of rotatable bonds is 5. The molecule has 3 N–H and O–H groups in total. The Morgan fingerprint density at radius 1 is 1.50 bits per heavy atom. The Hall–Kier alpha value is -1.56. The molecule has 2 amide bonds. The molecule has 0 bridgehead atoms. The van der Waals surface area contributed by atoms with E-state index in [0.717, 1.165) is 0 Å². The number of carbonyl (C=O) groups is 2. The SMILES string of the molecule is COc1ccc(C(=O)NC(C)CC(N)=O)cc1Br. The van der Waals surface area contributed by atoms with Crippen LogP contribution in [0, 0.1) is 0 Å². The maximum atomic E-state index is 11.9. The molecule has 18 heavy (non-hydrogen) atoms. The number of ether oxygens (including phenoxy) is 1. The van der Waals surface area contributed by atoms with Gasteiger partial charge in [0.1, 0.15) is 5.75 Å². The van der Waals surface area contributed by atoms with Crippen molar-refractivity contribution in [2.75, 3.05) is 7.11 Å². The van der Waals surface area contributed by atoms with Crippen molar-refractivity contribution in [3.8, 4) is 5.75 Å². The maximum absolute atomic E-state index is 11.9. The van der Waals surface area contributed by atoms with Crippen LogP contribution in [0.3, 0.4) is 0 Å². The van der Waals surface area contributed by atoms with Gasteiger partial charge in [0.25, 0.3) is 5.91 Å². The number of nitrogens with two attached hydrogens (primary N) is 1. The molecule has 0 heterocycles. The molecule has 1 unspecified atom stereocenters. The van der Waals surface area contributed by atoms with Gasteiger partial charge in [-0.3, -0.25) is 9.59 Å². The van der Waals surface area contributed by atoms with Gasteiger partial charge in [-0.25, -0.2) is 0 Å². The molecule has 0 aliphatic heterocycles. The molecule has 1 aromatic carbocycles. The second-order valence-electron chi connectivity index (χ2n) is 3.89. The molecular weight excluding hydrogens is 300 g/mol. The zero-order valence-electron chi connectivity index (χ0n) is 10.2. The lowest BCUT2D eigenvalue weighted by atomic mass is 10.1. The molecule has 0 aliphatic carbocycles. The Balaban J connectivity index is 2.72. The molecule has 0 saturated heterocycles. The molecule has 0 fully saturated rings. The van der Waals surface area contributed by atoms with E-state index in [0.29, 0.717) is 15.8 Å². The van der Waals surface area contributed by atoms with Gasteiger partial charge in [0.2, 0.25) is 5.91 Å². The van der Waals surface area contributed by atoms with Gasteiger partial charge in [-0.15, -0.1) is 0 Å². The zero-order chi connectivity index (χ0) is 13.7. The summed E-state index contributed by atoms with van der Waals surface area (Å²) in [4.78, 5) is 22.6. The fourth-order valence-electron chi connectivity index (χ4n) is 1.47. The predicted molar refractivity (Wildman–Crippen MR) is 71.4 cm³/mol. The molecule has 0 aliphatic rings. The van der Waals surface area contributed by atoms with E-state index in [4.69, 9.17) is 10.5 Å². The number of hydrogen-bond acceptors (Lipinski definition) is 3. The Kier molecular flexibility index (Phi) is 5.15. The number of primary amides is 1. The van der Waals surface area contributed by atoms with Gasteiger partial charge in [-0.05, 0) is 41.1 Å². The lowest BCUT2D eigenvalue weighted by molar-refractivity contribution is -0.118. The molecule has 0 spiro atoms. The van der Waals surface area contributed by atoms with Crippen LogP contribution < -0.4 is 15.8 Å². The first-order valence-corrected chi connectivity index (χ1v) is 6.16. The van der Waals surface area contributed by atoms with Crippen LogP contribution in [0.5, 0.6) is 5.75 Å². The van der Waals surface area contributed by atoms with Crippen molar-refractivity contribution in [2.24, 2.45) is 5.73 Å². The summed E-state index contributed by atoms with van der Waals surface area (Å²) in [6.45, 7) is 1.72. The summed E-state index contributed by atoms with van der Waals surface area (Å²) in [5.74, 6) is -0.0532. The Morgan fingerprint density at radius 2 is 2.17 bits per heavy atom. The number of methoxy groups -OCH3 is 1. The van der Waals surface area contributed by atoms with Gasteiger partial charge in [0, 0.05) is 18.0 Å². The molecule has 6 heteroatoms. The summed E-state index contributed by atoms with van der Waals surface area (Å²) in [7, 11) is 1.55. The maximum Gasteiger partial charge on any atom is 0.251 e. The van der Waals surface area contributed by atoms with Crippen molar-refractivity contribution >= 4 is 27.7 Å². The predicted octanol–water partition coefficient (Wildman–Crippen LogP) is 1.45. The first kappa shape index (κ1) is 14.5. The number of amides is 2. The van der Waals surface area contributed by atoms with E-state index in [1.165, 1.54) is 0 Å². The highest BCUT2D eigenvalue weighted by Crippen LogP contribution is 2.25. The van der Waals surface area contributed by atoms with Gasteiger partial charge < -0.3 is 15.8 Å². The van der Waals surface area contributed by atoms with Gasteiger partial charge in [-0.2, -0.15) is 0 Å². The molecule has 1 atom stereocenters. The monoisotopic (exact) mass is 314 g/mol. The fraction of sp³-hybridized carbons (Fsp3) is 0.333. The summed E-state index contributed by atoms with van der Waals surface area (Å²) in [5, 5.41) is 2.69. The van der Waals surface area contributed by atoms with E-state index in [1.807, 2.05) is 0 Å². The minimum absolute atomic E-state index is 0.114. The number of hydrogen-bond donors (Lipinski definition) is 2. The van der Waals surface area contributed by atoms with E-state index in [2.05, 4.69) is 21.2 Å². The smallest absolute Gasteiger partial charge is 0.251 e. The van der Waals surface area contributed by atoms with Crippen LogP contribution in [-0.4, -0.2) is 25.0 Å². The van der Waals surface area contributed by atoms with Crippen molar-refractivity contribution in [3.63, 3.8) is 0 Å². The molecule has 98 valence electrons. The quantitative estimate of drug-likeness (QED) is 0.863. The molecule has 0 aromatic heterocycles. The van der Waals surface area contributed by atoms with Crippen LogP contribution >= 0.6 is 15.9 Å². The van der Waals surface area contributed by atoms with E-state index in [9.17, 15) is 9.59 Å². The van der Waals surface area contributed by atoms with Gasteiger partial charge in [0.15, 0.2) is 0 Å². The third kappa shape index (κ3) is 4.03. The van der Waals surface area contributed by atoms with Crippen molar-refractivity contribution in [1.29, 1.82) is 0 Å². The highest BCUT2D eigenvalue weighted by atomic mass is 79.9. The second kappa shape index (κ2) is 6.39. The third-order valence-electron chi connectivity index (χ3n) is 2.30. The largest absolute Gasteiger partial charge is 0.496 e. The molecule has 5 nitrogen and oxygen atoms in total. The van der Waals surface area contributed by atoms with Crippen LogP contribution in [0.2, 0.25) is 0 Å². The molecule has 1 aromatic rings.